The van der Waals surface area contributed by atoms with Crippen molar-refractivity contribution in [2.45, 2.75) is 38.6 Å². The van der Waals surface area contributed by atoms with Gasteiger partial charge >= 0.3 is 0 Å². The Morgan fingerprint density at radius 2 is 2.13 bits per heavy atom. The van der Waals surface area contributed by atoms with E-state index in [1.807, 2.05) is 4.68 Å². The van der Waals surface area contributed by atoms with E-state index in [9.17, 15) is 4.79 Å². The van der Waals surface area contributed by atoms with Gasteiger partial charge in [0.05, 0.1) is 5.69 Å². The van der Waals surface area contributed by atoms with Gasteiger partial charge in [-0.25, -0.2) is 4.68 Å². The first-order chi connectivity index (χ1) is 7.20. The van der Waals surface area contributed by atoms with Crippen LogP contribution in [0.5, 0.6) is 0 Å². The van der Waals surface area contributed by atoms with E-state index in [0.717, 1.165) is 18.7 Å². The third-order valence-corrected chi connectivity index (χ3v) is 3.76. The lowest BCUT2D eigenvalue weighted by Gasteiger charge is -2.20. The van der Waals surface area contributed by atoms with Crippen molar-refractivity contribution < 1.29 is 4.79 Å². The zero-order valence-corrected chi connectivity index (χ0v) is 8.57. The zero-order valence-electron chi connectivity index (χ0n) is 8.57. The van der Waals surface area contributed by atoms with Gasteiger partial charge in [0.25, 0.3) is 5.91 Å². The molecule has 1 amide bonds. The summed E-state index contributed by atoms with van der Waals surface area (Å²) in [4.78, 5) is 11.1. The normalized spacial score (nSPS) is 22.1. The molecule has 0 saturated heterocycles. The molecule has 5 nitrogen and oxygen atoms in total. The lowest BCUT2D eigenvalue weighted by Crippen LogP contribution is -2.20. The molecule has 0 unspecified atom stereocenters. The Balaban J connectivity index is 1.96. The number of hydrogen-bond donors (Lipinski definition) is 1. The Labute approximate surface area is 87.6 Å². The van der Waals surface area contributed by atoms with E-state index in [2.05, 4.69) is 10.3 Å². The molecule has 15 heavy (non-hydrogen) atoms. The van der Waals surface area contributed by atoms with Crippen molar-refractivity contribution in [1.29, 1.82) is 0 Å². The fourth-order valence-electron chi connectivity index (χ4n) is 3.01. The van der Waals surface area contributed by atoms with Crippen molar-refractivity contribution in [3.8, 4) is 0 Å². The van der Waals surface area contributed by atoms with Gasteiger partial charge in [0.15, 0.2) is 5.69 Å². The molecule has 1 aromatic heterocycles. The van der Waals surface area contributed by atoms with Gasteiger partial charge in [-0.15, -0.1) is 5.10 Å². The maximum atomic E-state index is 11.1. The molecule has 80 valence electrons. The first-order valence-corrected chi connectivity index (χ1v) is 5.42. The van der Waals surface area contributed by atoms with E-state index in [0.29, 0.717) is 11.1 Å². The van der Waals surface area contributed by atoms with Crippen LogP contribution in [0, 0.1) is 5.41 Å². The summed E-state index contributed by atoms with van der Waals surface area (Å²) in [5.74, 6) is -0.453. The molecular formula is C10H14N4O. The van der Waals surface area contributed by atoms with Crippen LogP contribution in [0.25, 0.3) is 0 Å². The topological polar surface area (TPSA) is 73.8 Å². The Hall–Kier alpha value is -1.39. The maximum Gasteiger partial charge on any atom is 0.271 e. The number of hydrogen-bond acceptors (Lipinski definition) is 3. The van der Waals surface area contributed by atoms with Crippen LogP contribution < -0.4 is 5.73 Å². The second kappa shape index (κ2) is 2.81. The zero-order chi connectivity index (χ0) is 10.5. The quantitative estimate of drug-likeness (QED) is 0.726. The van der Waals surface area contributed by atoms with Crippen LogP contribution in [0.2, 0.25) is 0 Å². The minimum Gasteiger partial charge on any atom is -0.364 e. The van der Waals surface area contributed by atoms with Gasteiger partial charge in [-0.1, -0.05) is 18.1 Å². The van der Waals surface area contributed by atoms with Crippen LogP contribution in [0.4, 0.5) is 0 Å². The number of carbonyl (C=O) groups is 1. The summed E-state index contributed by atoms with van der Waals surface area (Å²) in [5.41, 5.74) is 6.94. The van der Waals surface area contributed by atoms with Crippen LogP contribution in [0.15, 0.2) is 0 Å². The molecule has 0 radical (unpaired) electrons. The Bertz CT molecular complexity index is 417. The van der Waals surface area contributed by atoms with Crippen molar-refractivity contribution in [2.75, 3.05) is 0 Å². The standard InChI is InChI=1S/C10H14N4O/c11-9(15)8-7-5-10(3-1-2-4-10)6-14(7)13-12-8/h1-6H2,(H2,11,15). The summed E-state index contributed by atoms with van der Waals surface area (Å²) in [6.45, 7) is 0.919. The molecule has 1 aromatic rings. The van der Waals surface area contributed by atoms with Crippen LogP contribution in [0.3, 0.4) is 0 Å². The van der Waals surface area contributed by atoms with Gasteiger partial charge in [-0.3, -0.25) is 4.79 Å². The number of nitrogens with zero attached hydrogens (tertiary/aromatic N) is 3. The highest BCUT2D eigenvalue weighted by molar-refractivity contribution is 5.91. The molecule has 2 N–H and O–H groups in total. The molecule has 1 fully saturated rings. The molecule has 1 aliphatic carbocycles. The monoisotopic (exact) mass is 206 g/mol. The molecule has 1 saturated carbocycles. The van der Waals surface area contributed by atoms with Crippen molar-refractivity contribution in [3.05, 3.63) is 11.4 Å². The maximum absolute atomic E-state index is 11.1. The van der Waals surface area contributed by atoms with Crippen molar-refractivity contribution in [3.63, 3.8) is 0 Å². The summed E-state index contributed by atoms with van der Waals surface area (Å²) in [5, 5.41) is 7.83. The van der Waals surface area contributed by atoms with Crippen LogP contribution in [-0.2, 0) is 13.0 Å². The van der Waals surface area contributed by atoms with Crippen LogP contribution >= 0.6 is 0 Å². The molecule has 2 aliphatic rings. The fourth-order valence-corrected chi connectivity index (χ4v) is 3.01. The molecule has 2 heterocycles. The van der Waals surface area contributed by atoms with Crippen molar-refractivity contribution in [1.82, 2.24) is 15.0 Å². The van der Waals surface area contributed by atoms with Crippen molar-refractivity contribution in [2.24, 2.45) is 11.1 Å². The average Bonchev–Trinajstić information content (AvgIpc) is 2.81. The highest BCUT2D eigenvalue weighted by Gasteiger charge is 2.42. The van der Waals surface area contributed by atoms with Gasteiger partial charge in [-0.05, 0) is 24.7 Å². The van der Waals surface area contributed by atoms with Crippen LogP contribution in [0.1, 0.15) is 41.9 Å². The number of primary amides is 1. The minimum atomic E-state index is -0.453. The number of amides is 1. The van der Waals surface area contributed by atoms with E-state index in [-0.39, 0.29) is 0 Å². The van der Waals surface area contributed by atoms with Gasteiger partial charge < -0.3 is 5.73 Å². The molecular weight excluding hydrogens is 192 g/mol. The highest BCUT2D eigenvalue weighted by Crippen LogP contribution is 2.46. The molecule has 0 aromatic carbocycles. The lowest BCUT2D eigenvalue weighted by atomic mass is 9.84. The smallest absolute Gasteiger partial charge is 0.271 e. The van der Waals surface area contributed by atoms with Gasteiger partial charge in [0.2, 0.25) is 0 Å². The lowest BCUT2D eigenvalue weighted by molar-refractivity contribution is 0.0994. The third-order valence-electron chi connectivity index (χ3n) is 3.76. The first-order valence-electron chi connectivity index (χ1n) is 5.42. The Morgan fingerprint density at radius 1 is 1.40 bits per heavy atom. The molecule has 3 rings (SSSR count). The Morgan fingerprint density at radius 3 is 2.80 bits per heavy atom. The predicted molar refractivity (Wildman–Crippen MR) is 53.1 cm³/mol. The summed E-state index contributed by atoms with van der Waals surface area (Å²) in [6, 6.07) is 0. The molecule has 0 atom stereocenters. The third kappa shape index (κ3) is 1.19. The second-order valence-electron chi connectivity index (χ2n) is 4.79. The SMILES string of the molecule is NC(=O)c1nnn2c1CC1(CCCC1)C2. The van der Waals surface area contributed by atoms with Gasteiger partial charge in [0, 0.05) is 6.54 Å². The number of carbonyl (C=O) groups excluding carboxylic acids is 1. The van der Waals surface area contributed by atoms with E-state index < -0.39 is 5.91 Å². The van der Waals surface area contributed by atoms with E-state index in [1.54, 1.807) is 0 Å². The second-order valence-corrected chi connectivity index (χ2v) is 4.79. The van der Waals surface area contributed by atoms with Gasteiger partial charge in [-0.2, -0.15) is 0 Å². The van der Waals surface area contributed by atoms with Crippen LogP contribution in [-0.4, -0.2) is 20.9 Å². The first kappa shape index (κ1) is 8.88. The van der Waals surface area contributed by atoms with Gasteiger partial charge in [0.1, 0.15) is 0 Å². The fraction of sp³-hybridized carbons (Fsp3) is 0.700. The predicted octanol–water partition coefficient (Wildman–Crippen LogP) is 0.493. The molecule has 5 heteroatoms. The van der Waals surface area contributed by atoms with E-state index in [4.69, 9.17) is 5.73 Å². The summed E-state index contributed by atoms with van der Waals surface area (Å²) in [7, 11) is 0. The van der Waals surface area contributed by atoms with Crippen molar-refractivity contribution >= 4 is 5.91 Å². The molecule has 1 aliphatic heterocycles. The number of fused-ring (bicyclic) bond motifs is 1. The number of aromatic nitrogens is 3. The number of rotatable bonds is 1. The molecule has 1 spiro atoms. The minimum absolute atomic E-state index is 0.357. The van der Waals surface area contributed by atoms with E-state index >= 15 is 0 Å². The van der Waals surface area contributed by atoms with E-state index in [1.165, 1.54) is 25.7 Å². The summed E-state index contributed by atoms with van der Waals surface area (Å²) in [6.07, 6.45) is 6.01. The number of nitrogens with two attached hydrogens (primary N) is 1. The summed E-state index contributed by atoms with van der Waals surface area (Å²) < 4.78 is 1.87. The molecule has 0 bridgehead atoms. The highest BCUT2D eigenvalue weighted by atomic mass is 16.1. The summed E-state index contributed by atoms with van der Waals surface area (Å²) >= 11 is 0. The average molecular weight is 206 g/mol. The Kier molecular flexibility index (Phi) is 1.66. The largest absolute Gasteiger partial charge is 0.364 e.